The molecule has 1 heterocycles. The first-order valence-electron chi connectivity index (χ1n) is 10.1. The van der Waals surface area contributed by atoms with Crippen molar-refractivity contribution in [2.45, 2.75) is 36.1 Å². The highest BCUT2D eigenvalue weighted by Gasteiger charge is 2.24. The molecule has 0 saturated carbocycles. The number of carbonyl (C=O) groups excluding carboxylic acids is 1. The number of aryl methyl sites for hydroxylation is 1. The lowest BCUT2D eigenvalue weighted by Gasteiger charge is -2.14. The number of pyridine rings is 1. The van der Waals surface area contributed by atoms with Gasteiger partial charge in [0.25, 0.3) is 5.56 Å². The smallest absolute Gasteiger partial charge is 0.270 e. The highest BCUT2D eigenvalue weighted by atomic mass is 32.2. The van der Waals surface area contributed by atoms with Crippen LogP contribution in [-0.4, -0.2) is 39.2 Å². The molecule has 0 atom stereocenters. The van der Waals surface area contributed by atoms with E-state index in [1.165, 1.54) is 22.8 Å². The number of nitrogens with one attached hydrogen (secondary N) is 1. The van der Waals surface area contributed by atoms with Crippen molar-refractivity contribution in [2.24, 2.45) is 0 Å². The van der Waals surface area contributed by atoms with Crippen molar-refractivity contribution in [3.05, 3.63) is 70.5 Å². The van der Waals surface area contributed by atoms with E-state index in [1.54, 1.807) is 31.4 Å². The van der Waals surface area contributed by atoms with Gasteiger partial charge in [0.1, 0.15) is 11.4 Å². The van der Waals surface area contributed by atoms with Gasteiger partial charge in [-0.25, -0.2) is 8.42 Å². The van der Waals surface area contributed by atoms with E-state index in [4.69, 9.17) is 4.74 Å². The Kier molecular flexibility index (Phi) is 7.25. The fraction of sp³-hybridized carbons (Fsp3) is 0.304. The van der Waals surface area contributed by atoms with Crippen molar-refractivity contribution >= 4 is 26.6 Å². The Morgan fingerprint density at radius 3 is 2.52 bits per heavy atom. The zero-order valence-corrected chi connectivity index (χ0v) is 18.4. The number of benzene rings is 2. The Morgan fingerprint density at radius 2 is 1.84 bits per heavy atom. The molecule has 1 N–H and O–H groups in total. The van der Waals surface area contributed by atoms with Crippen molar-refractivity contribution in [1.82, 2.24) is 9.88 Å². The molecule has 0 bridgehead atoms. The van der Waals surface area contributed by atoms with Crippen LogP contribution < -0.4 is 10.9 Å². The first-order valence-corrected chi connectivity index (χ1v) is 11.6. The van der Waals surface area contributed by atoms with Crippen LogP contribution in [0.3, 0.4) is 0 Å². The maximum atomic E-state index is 13.3. The average molecular weight is 443 g/mol. The van der Waals surface area contributed by atoms with Crippen molar-refractivity contribution in [2.75, 3.05) is 20.3 Å². The van der Waals surface area contributed by atoms with E-state index in [1.807, 2.05) is 19.1 Å². The van der Waals surface area contributed by atoms with E-state index < -0.39 is 15.4 Å². The Morgan fingerprint density at radius 1 is 1.10 bits per heavy atom. The minimum Gasteiger partial charge on any atom is -0.385 e. The Balaban J connectivity index is 2.11. The van der Waals surface area contributed by atoms with Crippen LogP contribution in [0.15, 0.2) is 69.2 Å². The minimum atomic E-state index is -4.04. The highest BCUT2D eigenvalue weighted by molar-refractivity contribution is 7.91. The summed E-state index contributed by atoms with van der Waals surface area (Å²) in [5, 5.41) is 3.34. The summed E-state index contributed by atoms with van der Waals surface area (Å²) < 4.78 is 32.6. The SMILES string of the molecule is CCc1ccc2c(c1)cc(S(=O)(=O)c1ccccc1)c(=O)n2CC(=O)NCCCOC. The molecule has 1 amide bonds. The number of rotatable bonds is 9. The quantitative estimate of drug-likeness (QED) is 0.514. The predicted molar refractivity (Wildman–Crippen MR) is 119 cm³/mol. The van der Waals surface area contributed by atoms with E-state index in [-0.39, 0.29) is 22.2 Å². The normalized spacial score (nSPS) is 11.5. The molecule has 164 valence electrons. The fourth-order valence-corrected chi connectivity index (χ4v) is 4.74. The van der Waals surface area contributed by atoms with Gasteiger partial charge in [-0.3, -0.25) is 14.2 Å². The van der Waals surface area contributed by atoms with Gasteiger partial charge < -0.3 is 10.1 Å². The number of nitrogens with zero attached hydrogens (tertiary/aromatic N) is 1. The summed E-state index contributed by atoms with van der Waals surface area (Å²) in [6.45, 7) is 2.63. The van der Waals surface area contributed by atoms with Crippen LogP contribution in [0, 0.1) is 0 Å². The lowest BCUT2D eigenvalue weighted by atomic mass is 10.1. The Bertz CT molecular complexity index is 1230. The highest BCUT2D eigenvalue weighted by Crippen LogP contribution is 2.23. The average Bonchev–Trinajstić information content (AvgIpc) is 2.78. The van der Waals surface area contributed by atoms with Gasteiger partial charge >= 0.3 is 0 Å². The molecular formula is C23H26N2O5S. The van der Waals surface area contributed by atoms with Crippen molar-refractivity contribution < 1.29 is 17.9 Å². The van der Waals surface area contributed by atoms with Crippen molar-refractivity contribution in [3.8, 4) is 0 Å². The molecule has 0 aliphatic carbocycles. The monoisotopic (exact) mass is 442 g/mol. The van der Waals surface area contributed by atoms with Crippen LogP contribution in [0.2, 0.25) is 0 Å². The molecule has 7 nitrogen and oxygen atoms in total. The second-order valence-electron chi connectivity index (χ2n) is 7.16. The van der Waals surface area contributed by atoms with Crippen molar-refractivity contribution in [1.29, 1.82) is 0 Å². The molecular weight excluding hydrogens is 416 g/mol. The van der Waals surface area contributed by atoms with Gasteiger partial charge in [0.2, 0.25) is 15.7 Å². The maximum absolute atomic E-state index is 13.3. The lowest BCUT2D eigenvalue weighted by molar-refractivity contribution is -0.121. The molecule has 0 unspecified atom stereocenters. The van der Waals surface area contributed by atoms with Gasteiger partial charge in [-0.05, 0) is 48.7 Å². The van der Waals surface area contributed by atoms with E-state index >= 15 is 0 Å². The summed E-state index contributed by atoms with van der Waals surface area (Å²) >= 11 is 0. The third kappa shape index (κ3) is 5.03. The summed E-state index contributed by atoms with van der Waals surface area (Å²) in [6, 6.07) is 14.7. The number of hydrogen-bond donors (Lipinski definition) is 1. The van der Waals surface area contributed by atoms with Crippen LogP contribution in [0.4, 0.5) is 0 Å². The van der Waals surface area contributed by atoms with Gasteiger partial charge in [0.05, 0.1) is 10.4 Å². The second kappa shape index (κ2) is 9.89. The number of aromatic nitrogens is 1. The van der Waals surface area contributed by atoms with Crippen LogP contribution in [0.25, 0.3) is 10.9 Å². The first kappa shape index (κ1) is 22.7. The molecule has 0 aliphatic heterocycles. The summed E-state index contributed by atoms with van der Waals surface area (Å²) in [5.74, 6) is -0.367. The second-order valence-corrected chi connectivity index (χ2v) is 9.08. The van der Waals surface area contributed by atoms with E-state index in [9.17, 15) is 18.0 Å². The lowest BCUT2D eigenvalue weighted by Crippen LogP contribution is -2.35. The first-order chi connectivity index (χ1) is 14.9. The molecule has 0 saturated heterocycles. The topological polar surface area (TPSA) is 94.5 Å². The molecule has 0 fully saturated rings. The van der Waals surface area contributed by atoms with Crippen LogP contribution in [0.5, 0.6) is 0 Å². The fourth-order valence-electron chi connectivity index (χ4n) is 3.35. The number of fused-ring (bicyclic) bond motifs is 1. The van der Waals surface area contributed by atoms with Crippen molar-refractivity contribution in [3.63, 3.8) is 0 Å². The maximum Gasteiger partial charge on any atom is 0.270 e. The minimum absolute atomic E-state index is 0.0358. The van der Waals surface area contributed by atoms with Crippen LogP contribution in [0.1, 0.15) is 18.9 Å². The third-order valence-corrected chi connectivity index (χ3v) is 6.79. The molecule has 0 spiro atoms. The zero-order chi connectivity index (χ0) is 22.4. The molecule has 8 heteroatoms. The van der Waals surface area contributed by atoms with Crippen LogP contribution >= 0.6 is 0 Å². The molecule has 3 rings (SSSR count). The van der Waals surface area contributed by atoms with E-state index in [2.05, 4.69) is 5.32 Å². The Hall–Kier alpha value is -2.97. The largest absolute Gasteiger partial charge is 0.385 e. The van der Waals surface area contributed by atoms with E-state index in [0.29, 0.717) is 30.5 Å². The molecule has 31 heavy (non-hydrogen) atoms. The molecule has 0 aliphatic rings. The summed E-state index contributed by atoms with van der Waals surface area (Å²) in [7, 11) is -2.46. The standard InChI is InChI=1S/C23H26N2O5S/c1-3-17-10-11-20-18(14-17)15-21(31(28,29)19-8-5-4-6-9-19)23(27)25(20)16-22(26)24-12-7-13-30-2/h4-6,8-11,14-15H,3,7,12-13,16H2,1-2H3,(H,24,26). The van der Waals surface area contributed by atoms with Gasteiger partial charge in [0, 0.05) is 25.6 Å². The Labute approximate surface area is 181 Å². The number of carbonyl (C=O) groups is 1. The number of ether oxygens (including phenoxy) is 1. The third-order valence-electron chi connectivity index (χ3n) is 5.03. The zero-order valence-electron chi connectivity index (χ0n) is 17.6. The number of hydrogen-bond acceptors (Lipinski definition) is 5. The molecule has 3 aromatic rings. The number of sulfone groups is 1. The molecule has 0 radical (unpaired) electrons. The van der Waals surface area contributed by atoms with Gasteiger partial charge in [-0.2, -0.15) is 0 Å². The summed E-state index contributed by atoms with van der Waals surface area (Å²) in [5.41, 5.74) is 0.804. The summed E-state index contributed by atoms with van der Waals surface area (Å²) in [6.07, 6.45) is 1.40. The predicted octanol–water partition coefficient (Wildman–Crippen LogP) is 2.55. The van der Waals surface area contributed by atoms with Gasteiger partial charge in [-0.15, -0.1) is 0 Å². The summed E-state index contributed by atoms with van der Waals surface area (Å²) in [4.78, 5) is 25.4. The number of amides is 1. The molecule has 2 aromatic carbocycles. The van der Waals surface area contributed by atoms with Gasteiger partial charge in [-0.1, -0.05) is 31.2 Å². The number of methoxy groups -OCH3 is 1. The van der Waals surface area contributed by atoms with E-state index in [0.717, 1.165) is 12.0 Å². The van der Waals surface area contributed by atoms with Crippen LogP contribution in [-0.2, 0) is 32.3 Å². The van der Waals surface area contributed by atoms with Gasteiger partial charge in [0.15, 0.2) is 0 Å². The molecule has 1 aromatic heterocycles.